The summed E-state index contributed by atoms with van der Waals surface area (Å²) in [6.45, 7) is 4.61. The molecule has 3 aliphatic rings. The van der Waals surface area contributed by atoms with Crippen LogP contribution in [0.2, 0.25) is 0 Å². The molecule has 4 unspecified atom stereocenters. The van der Waals surface area contributed by atoms with E-state index in [0.717, 1.165) is 12.1 Å². The van der Waals surface area contributed by atoms with E-state index in [2.05, 4.69) is 29.1 Å². The largest absolute Gasteiger partial charge is 0.346 e. The summed E-state index contributed by atoms with van der Waals surface area (Å²) in [6, 6.07) is 3.05. The monoisotopic (exact) mass is 334 g/mol. The lowest BCUT2D eigenvalue weighted by molar-refractivity contribution is -0.593. The Balaban J connectivity index is 1.52. The summed E-state index contributed by atoms with van der Waals surface area (Å²) in [5.41, 5.74) is 0. The Morgan fingerprint density at radius 2 is 1.25 bits per heavy atom. The molecule has 2 N–H and O–H groups in total. The Hall–Kier alpha value is -0.730. The van der Waals surface area contributed by atoms with Crippen molar-refractivity contribution in [2.24, 2.45) is 0 Å². The van der Waals surface area contributed by atoms with Crippen molar-refractivity contribution in [1.82, 2.24) is 10.6 Å². The van der Waals surface area contributed by atoms with Gasteiger partial charge in [-0.15, -0.1) is 0 Å². The quantitative estimate of drug-likeness (QED) is 0.453. The molecule has 3 aliphatic heterocycles. The zero-order valence-electron chi connectivity index (χ0n) is 16.2. The summed E-state index contributed by atoms with van der Waals surface area (Å²) in [6.07, 6.45) is 19.4. The Labute approximate surface area is 149 Å². The summed E-state index contributed by atoms with van der Waals surface area (Å²) in [5, 5.41) is 7.79. The Bertz CT molecular complexity index is 381. The lowest BCUT2D eigenvalue weighted by Gasteiger charge is -2.36. The molecule has 0 amide bonds. The number of unbranched alkanes of at least 4 members (excludes halogenated alkanes) is 6. The van der Waals surface area contributed by atoms with E-state index in [-0.39, 0.29) is 0 Å². The maximum absolute atomic E-state index is 3.90. The van der Waals surface area contributed by atoms with Crippen LogP contribution in [-0.2, 0) is 0 Å². The van der Waals surface area contributed by atoms with Crippen molar-refractivity contribution < 1.29 is 4.58 Å². The average molecular weight is 335 g/mol. The average Bonchev–Trinajstić information content (AvgIpc) is 3.00. The molecule has 3 nitrogen and oxygen atoms in total. The third kappa shape index (κ3) is 4.46. The molecule has 0 spiro atoms. The zero-order valence-corrected chi connectivity index (χ0v) is 16.2. The van der Waals surface area contributed by atoms with E-state index >= 15 is 0 Å². The van der Waals surface area contributed by atoms with Gasteiger partial charge in [0.05, 0.1) is 24.2 Å². The van der Waals surface area contributed by atoms with Crippen LogP contribution in [0.3, 0.4) is 0 Å². The molecule has 3 heterocycles. The molecule has 1 saturated heterocycles. The Kier molecular flexibility index (Phi) is 6.85. The third-order valence-corrected chi connectivity index (χ3v) is 6.49. The lowest BCUT2D eigenvalue weighted by atomic mass is 9.97. The van der Waals surface area contributed by atoms with Crippen molar-refractivity contribution in [3.63, 3.8) is 0 Å². The first kappa shape index (κ1) is 18.1. The van der Waals surface area contributed by atoms with Crippen LogP contribution >= 0.6 is 0 Å². The SMILES string of the molecule is CCCCCCC1CC2CCC3CC(CCCCCC)NC(=[N+]23)N1. The molecular weight excluding hydrogens is 294 g/mol. The second kappa shape index (κ2) is 9.10. The van der Waals surface area contributed by atoms with E-state index in [4.69, 9.17) is 0 Å². The number of hydrogen-bond donors (Lipinski definition) is 2. The Morgan fingerprint density at radius 1 is 0.750 bits per heavy atom. The van der Waals surface area contributed by atoms with E-state index in [1.807, 2.05) is 0 Å². The number of hydrogen-bond acceptors (Lipinski definition) is 2. The van der Waals surface area contributed by atoms with Crippen LogP contribution < -0.4 is 10.6 Å². The number of nitrogens with zero attached hydrogens (tertiary/aromatic N) is 1. The third-order valence-electron chi connectivity index (χ3n) is 6.49. The minimum absolute atomic E-state index is 0.711. The highest BCUT2D eigenvalue weighted by Crippen LogP contribution is 2.32. The summed E-state index contributed by atoms with van der Waals surface area (Å²) in [7, 11) is 0. The van der Waals surface area contributed by atoms with Crippen molar-refractivity contribution in [2.45, 2.75) is 128 Å². The first-order valence-corrected chi connectivity index (χ1v) is 11.0. The highest BCUT2D eigenvalue weighted by Gasteiger charge is 2.45. The molecule has 0 aromatic rings. The second-order valence-corrected chi connectivity index (χ2v) is 8.49. The van der Waals surface area contributed by atoms with Gasteiger partial charge in [-0.05, 0) is 25.7 Å². The van der Waals surface area contributed by atoms with Gasteiger partial charge >= 0.3 is 5.96 Å². The fourth-order valence-corrected chi connectivity index (χ4v) is 5.16. The van der Waals surface area contributed by atoms with Crippen LogP contribution in [0.4, 0.5) is 0 Å². The van der Waals surface area contributed by atoms with Gasteiger partial charge in [-0.25, -0.2) is 0 Å². The van der Waals surface area contributed by atoms with Gasteiger partial charge in [0.15, 0.2) is 0 Å². The summed E-state index contributed by atoms with van der Waals surface area (Å²) in [5.74, 6) is 1.40. The fourth-order valence-electron chi connectivity index (χ4n) is 5.16. The molecular formula is C21H40N3+. The van der Waals surface area contributed by atoms with Gasteiger partial charge in [0.25, 0.3) is 0 Å². The minimum Gasteiger partial charge on any atom is -0.275 e. The van der Waals surface area contributed by atoms with Gasteiger partial charge in [0.1, 0.15) is 0 Å². The summed E-state index contributed by atoms with van der Waals surface area (Å²) in [4.78, 5) is 0. The number of rotatable bonds is 10. The Morgan fingerprint density at radius 3 is 1.71 bits per heavy atom. The van der Waals surface area contributed by atoms with Crippen molar-refractivity contribution in [3.8, 4) is 0 Å². The van der Waals surface area contributed by atoms with Crippen LogP contribution in [0.15, 0.2) is 0 Å². The molecule has 4 atom stereocenters. The predicted molar refractivity (Wildman–Crippen MR) is 103 cm³/mol. The minimum atomic E-state index is 0.711. The molecule has 0 saturated carbocycles. The molecule has 3 rings (SSSR count). The van der Waals surface area contributed by atoms with Gasteiger partial charge < -0.3 is 0 Å². The van der Waals surface area contributed by atoms with Crippen LogP contribution in [0.1, 0.15) is 104 Å². The highest BCUT2D eigenvalue weighted by molar-refractivity contribution is 5.76. The van der Waals surface area contributed by atoms with Gasteiger partial charge in [-0.1, -0.05) is 65.2 Å². The number of guanidine groups is 1. The predicted octanol–water partition coefficient (Wildman–Crippen LogP) is 4.55. The van der Waals surface area contributed by atoms with Crippen molar-refractivity contribution >= 4 is 5.96 Å². The van der Waals surface area contributed by atoms with Crippen LogP contribution in [-0.4, -0.2) is 34.7 Å². The maximum atomic E-state index is 3.90. The van der Waals surface area contributed by atoms with Crippen molar-refractivity contribution in [2.75, 3.05) is 0 Å². The molecule has 1 fully saturated rings. The van der Waals surface area contributed by atoms with Gasteiger partial charge in [-0.3, -0.25) is 15.2 Å². The molecule has 0 aromatic carbocycles. The molecule has 0 aromatic heterocycles. The lowest BCUT2D eigenvalue weighted by Crippen LogP contribution is -2.62. The first-order valence-electron chi connectivity index (χ1n) is 11.0. The van der Waals surface area contributed by atoms with Crippen LogP contribution in [0.25, 0.3) is 0 Å². The standard InChI is InChI=1S/C21H39N3/c1-3-5-7-9-11-17-15-19-13-14-20-16-18(12-10-8-6-4-2)23-21(22-17)24(19)20/h17-20H,3-16H2,1-2H3,(H,22,23)/p+1. The smallest absolute Gasteiger partial charge is 0.275 e. The number of nitrogens with one attached hydrogen (secondary N) is 2. The molecule has 138 valence electrons. The zero-order chi connectivity index (χ0) is 16.8. The highest BCUT2D eigenvalue weighted by atomic mass is 15.3. The molecule has 0 bridgehead atoms. The van der Waals surface area contributed by atoms with E-state index in [1.54, 1.807) is 0 Å². The molecule has 3 heteroatoms. The second-order valence-electron chi connectivity index (χ2n) is 8.49. The van der Waals surface area contributed by atoms with Crippen LogP contribution in [0.5, 0.6) is 0 Å². The fraction of sp³-hybridized carbons (Fsp3) is 0.952. The van der Waals surface area contributed by atoms with Gasteiger partial charge in [-0.2, -0.15) is 0 Å². The van der Waals surface area contributed by atoms with Gasteiger partial charge in [0, 0.05) is 12.8 Å². The molecule has 24 heavy (non-hydrogen) atoms. The van der Waals surface area contributed by atoms with E-state index in [0.29, 0.717) is 12.1 Å². The molecule has 0 aliphatic carbocycles. The van der Waals surface area contributed by atoms with Gasteiger partial charge in [0.2, 0.25) is 0 Å². The summed E-state index contributed by atoms with van der Waals surface area (Å²) < 4.78 is 2.73. The van der Waals surface area contributed by atoms with E-state index in [9.17, 15) is 0 Å². The van der Waals surface area contributed by atoms with E-state index < -0.39 is 0 Å². The molecule has 0 radical (unpaired) electrons. The summed E-state index contributed by atoms with van der Waals surface area (Å²) >= 11 is 0. The first-order chi connectivity index (χ1) is 11.8. The topological polar surface area (TPSA) is 27.1 Å². The maximum Gasteiger partial charge on any atom is 0.346 e. The van der Waals surface area contributed by atoms with Crippen LogP contribution in [0, 0.1) is 0 Å². The normalized spacial score (nSPS) is 31.6. The van der Waals surface area contributed by atoms with E-state index in [1.165, 1.54) is 95.9 Å². The van der Waals surface area contributed by atoms with Crippen molar-refractivity contribution in [1.29, 1.82) is 0 Å². The van der Waals surface area contributed by atoms with Crippen molar-refractivity contribution in [3.05, 3.63) is 0 Å².